The first kappa shape index (κ1) is 22.8. The lowest BCUT2D eigenvalue weighted by Crippen LogP contribution is -2.47. The molecule has 1 aromatic carbocycles. The minimum atomic E-state index is -0.654. The van der Waals surface area contributed by atoms with Crippen molar-refractivity contribution >= 4 is 40.4 Å². The van der Waals surface area contributed by atoms with Gasteiger partial charge in [0.2, 0.25) is 11.8 Å². The molecule has 0 aliphatic carbocycles. The number of rotatable bonds is 9. The maximum absolute atomic E-state index is 12.9. The van der Waals surface area contributed by atoms with Crippen molar-refractivity contribution in [3.63, 3.8) is 0 Å². The first-order valence-electron chi connectivity index (χ1n) is 10.7. The van der Waals surface area contributed by atoms with Crippen molar-refractivity contribution in [1.82, 2.24) is 10.2 Å². The largest absolute Gasteiger partial charge is 0.371 e. The molecule has 8 heteroatoms. The van der Waals surface area contributed by atoms with Gasteiger partial charge in [0.05, 0.1) is 11.4 Å². The third kappa shape index (κ3) is 6.30. The quantitative estimate of drug-likeness (QED) is 0.624. The lowest BCUT2D eigenvalue weighted by molar-refractivity contribution is -0.126. The topological polar surface area (TPSA) is 81.8 Å². The van der Waals surface area contributed by atoms with E-state index in [1.54, 1.807) is 19.2 Å². The number of thiophene rings is 1. The number of hydrogen-bond donors (Lipinski definition) is 2. The number of hydrogen-bond acceptors (Lipinski definition) is 5. The lowest BCUT2D eigenvalue weighted by Gasteiger charge is -2.22. The standard InChI is InChI=1S/C23H30N4O3S/c1-3-8-19(25-21(28)16-26(2)23(30)20-11-7-14-31-20)22(29)24-17-9-6-10-18(15-17)27-12-4-5-13-27/h6-7,9-11,14-15,19H,3-5,8,12-13,16H2,1-2H3,(H,24,29)(H,25,28). The lowest BCUT2D eigenvalue weighted by atomic mass is 10.1. The van der Waals surface area contributed by atoms with Gasteiger partial charge in [-0.1, -0.05) is 25.5 Å². The van der Waals surface area contributed by atoms with Crippen molar-refractivity contribution in [2.45, 2.75) is 38.6 Å². The number of amides is 3. The van der Waals surface area contributed by atoms with Crippen LogP contribution in [0.15, 0.2) is 41.8 Å². The summed E-state index contributed by atoms with van der Waals surface area (Å²) in [5.41, 5.74) is 1.81. The van der Waals surface area contributed by atoms with E-state index in [1.165, 1.54) is 29.1 Å². The van der Waals surface area contributed by atoms with Gasteiger partial charge in [-0.25, -0.2) is 0 Å². The molecule has 2 N–H and O–H groups in total. The molecule has 0 saturated carbocycles. The Bertz CT molecular complexity index is 894. The molecule has 3 rings (SSSR count). The van der Waals surface area contributed by atoms with Crippen LogP contribution in [0.4, 0.5) is 11.4 Å². The summed E-state index contributed by atoms with van der Waals surface area (Å²) in [5, 5.41) is 7.54. The van der Waals surface area contributed by atoms with E-state index in [4.69, 9.17) is 0 Å². The zero-order valence-electron chi connectivity index (χ0n) is 18.1. The summed E-state index contributed by atoms with van der Waals surface area (Å²) < 4.78 is 0. The van der Waals surface area contributed by atoms with E-state index in [1.807, 2.05) is 36.6 Å². The summed E-state index contributed by atoms with van der Waals surface area (Å²) in [5.74, 6) is -0.812. The Hall–Kier alpha value is -2.87. The molecule has 1 unspecified atom stereocenters. The number of carbonyl (C=O) groups is 3. The minimum absolute atomic E-state index is 0.103. The van der Waals surface area contributed by atoms with Gasteiger partial charge in [-0.3, -0.25) is 14.4 Å². The molecule has 1 fully saturated rings. The van der Waals surface area contributed by atoms with Gasteiger partial charge < -0.3 is 20.4 Å². The summed E-state index contributed by atoms with van der Waals surface area (Å²) in [4.78, 5) is 42.0. The van der Waals surface area contributed by atoms with Crippen LogP contribution in [0, 0.1) is 0 Å². The van der Waals surface area contributed by atoms with Crippen LogP contribution in [0.5, 0.6) is 0 Å². The van der Waals surface area contributed by atoms with Gasteiger partial charge in [-0.15, -0.1) is 11.3 Å². The molecule has 1 atom stereocenters. The molecule has 1 aromatic heterocycles. The van der Waals surface area contributed by atoms with Gasteiger partial charge in [0.15, 0.2) is 0 Å². The van der Waals surface area contributed by atoms with Crippen molar-refractivity contribution < 1.29 is 14.4 Å². The fourth-order valence-corrected chi connectivity index (χ4v) is 4.38. The third-order valence-electron chi connectivity index (χ3n) is 5.27. The Labute approximate surface area is 187 Å². The van der Waals surface area contributed by atoms with Gasteiger partial charge in [-0.05, 0) is 48.9 Å². The van der Waals surface area contributed by atoms with Crippen molar-refractivity contribution in [1.29, 1.82) is 0 Å². The summed E-state index contributed by atoms with van der Waals surface area (Å²) in [6.45, 7) is 3.93. The summed E-state index contributed by atoms with van der Waals surface area (Å²) >= 11 is 1.33. The average molecular weight is 443 g/mol. The average Bonchev–Trinajstić information content (AvgIpc) is 3.47. The monoisotopic (exact) mass is 442 g/mol. The molecule has 0 spiro atoms. The molecule has 1 aliphatic heterocycles. The van der Waals surface area contributed by atoms with Gasteiger partial charge >= 0.3 is 0 Å². The summed E-state index contributed by atoms with van der Waals surface area (Å²) in [7, 11) is 1.58. The summed E-state index contributed by atoms with van der Waals surface area (Å²) in [6, 6.07) is 10.7. The number of nitrogens with one attached hydrogen (secondary N) is 2. The van der Waals surface area contributed by atoms with Gasteiger partial charge in [0.25, 0.3) is 5.91 Å². The molecule has 1 saturated heterocycles. The molecular formula is C23H30N4O3S. The molecule has 3 amide bonds. The van der Waals surface area contributed by atoms with Crippen LogP contribution in [0.25, 0.3) is 0 Å². The highest BCUT2D eigenvalue weighted by Crippen LogP contribution is 2.23. The van der Waals surface area contributed by atoms with E-state index in [0.717, 1.165) is 30.9 Å². The number of likely N-dealkylation sites (N-methyl/N-ethyl adjacent to an activating group) is 1. The van der Waals surface area contributed by atoms with E-state index in [2.05, 4.69) is 15.5 Å². The molecule has 2 heterocycles. The Morgan fingerprint density at radius 3 is 2.61 bits per heavy atom. The van der Waals surface area contributed by atoms with Crippen LogP contribution < -0.4 is 15.5 Å². The first-order valence-corrected chi connectivity index (χ1v) is 11.6. The highest BCUT2D eigenvalue weighted by Gasteiger charge is 2.23. The fraction of sp³-hybridized carbons (Fsp3) is 0.435. The van der Waals surface area contributed by atoms with E-state index in [9.17, 15) is 14.4 Å². The van der Waals surface area contributed by atoms with Crippen LogP contribution in [0.3, 0.4) is 0 Å². The normalized spacial score (nSPS) is 14.2. The number of anilines is 2. The Kier molecular flexibility index (Phi) is 8.06. The smallest absolute Gasteiger partial charge is 0.264 e. The van der Waals surface area contributed by atoms with E-state index in [-0.39, 0.29) is 24.3 Å². The number of benzene rings is 1. The second-order valence-corrected chi connectivity index (χ2v) is 8.73. The van der Waals surface area contributed by atoms with Crippen molar-refractivity contribution in [3.05, 3.63) is 46.7 Å². The van der Waals surface area contributed by atoms with E-state index in [0.29, 0.717) is 11.3 Å². The zero-order chi connectivity index (χ0) is 22.2. The van der Waals surface area contributed by atoms with E-state index < -0.39 is 6.04 Å². The molecule has 7 nitrogen and oxygen atoms in total. The predicted octanol–water partition coefficient (Wildman–Crippen LogP) is 3.34. The SMILES string of the molecule is CCCC(NC(=O)CN(C)C(=O)c1cccs1)C(=O)Nc1cccc(N2CCCC2)c1. The molecule has 0 radical (unpaired) electrons. The van der Waals surface area contributed by atoms with Crippen LogP contribution >= 0.6 is 11.3 Å². The van der Waals surface area contributed by atoms with Crippen molar-refractivity contribution in [2.75, 3.05) is 36.9 Å². The maximum Gasteiger partial charge on any atom is 0.264 e. The van der Waals surface area contributed by atoms with Gasteiger partial charge in [-0.2, -0.15) is 0 Å². The fourth-order valence-electron chi connectivity index (χ4n) is 3.66. The molecule has 0 bridgehead atoms. The van der Waals surface area contributed by atoms with E-state index >= 15 is 0 Å². The minimum Gasteiger partial charge on any atom is -0.371 e. The summed E-state index contributed by atoms with van der Waals surface area (Å²) in [6.07, 6.45) is 3.64. The van der Waals surface area contributed by atoms with Crippen LogP contribution in [-0.4, -0.2) is 55.3 Å². The number of carbonyl (C=O) groups excluding carboxylic acids is 3. The maximum atomic E-state index is 12.9. The second kappa shape index (κ2) is 10.9. The molecule has 1 aliphatic rings. The first-order chi connectivity index (χ1) is 15.0. The molecular weight excluding hydrogens is 412 g/mol. The highest BCUT2D eigenvalue weighted by molar-refractivity contribution is 7.12. The molecule has 166 valence electrons. The highest BCUT2D eigenvalue weighted by atomic mass is 32.1. The van der Waals surface area contributed by atoms with Gasteiger partial charge in [0, 0.05) is 31.5 Å². The zero-order valence-corrected chi connectivity index (χ0v) is 18.9. The third-order valence-corrected chi connectivity index (χ3v) is 6.13. The van der Waals surface area contributed by atoms with Crippen LogP contribution in [0.2, 0.25) is 0 Å². The van der Waals surface area contributed by atoms with Gasteiger partial charge in [0.1, 0.15) is 6.04 Å². The Morgan fingerprint density at radius 2 is 1.94 bits per heavy atom. The second-order valence-electron chi connectivity index (χ2n) is 7.78. The Morgan fingerprint density at radius 1 is 1.16 bits per heavy atom. The predicted molar refractivity (Wildman–Crippen MR) is 125 cm³/mol. The Balaban J connectivity index is 1.58. The molecule has 31 heavy (non-hydrogen) atoms. The molecule has 2 aromatic rings. The number of nitrogens with zero attached hydrogens (tertiary/aromatic N) is 2. The van der Waals surface area contributed by atoms with Crippen LogP contribution in [0.1, 0.15) is 42.3 Å². The van der Waals surface area contributed by atoms with Crippen molar-refractivity contribution in [3.8, 4) is 0 Å². The van der Waals surface area contributed by atoms with Crippen LogP contribution in [-0.2, 0) is 9.59 Å². The van der Waals surface area contributed by atoms with Crippen molar-refractivity contribution in [2.24, 2.45) is 0 Å².